The molecule has 3 rings (SSSR count). The minimum absolute atomic E-state index is 0.360. The molecule has 2 aromatic carbocycles. The summed E-state index contributed by atoms with van der Waals surface area (Å²) >= 11 is 20.8. The van der Waals surface area contributed by atoms with Gasteiger partial charge in [-0.1, -0.05) is 29.3 Å². The SMILES string of the molecule is Fc1cc2c(cc1Br)[nH]c(=S)n2-c1c(Cl)cccc1Cl. The lowest BCUT2D eigenvalue weighted by Gasteiger charge is -2.09. The summed E-state index contributed by atoms with van der Waals surface area (Å²) < 4.78 is 16.2. The van der Waals surface area contributed by atoms with Gasteiger partial charge in [0, 0.05) is 6.07 Å². The fourth-order valence-electron chi connectivity index (χ4n) is 2.03. The number of nitrogens with one attached hydrogen (secondary N) is 1. The Balaban J connectivity index is 2.46. The van der Waals surface area contributed by atoms with Crippen molar-refractivity contribution >= 4 is 62.4 Å². The number of hydrogen-bond donors (Lipinski definition) is 1. The number of halogens is 4. The van der Waals surface area contributed by atoms with E-state index in [0.29, 0.717) is 36.0 Å². The molecule has 2 nitrogen and oxygen atoms in total. The van der Waals surface area contributed by atoms with Crippen molar-refractivity contribution in [2.45, 2.75) is 0 Å². The molecule has 20 heavy (non-hydrogen) atoms. The highest BCUT2D eigenvalue weighted by atomic mass is 79.9. The molecule has 0 aliphatic heterocycles. The fraction of sp³-hybridized carbons (Fsp3) is 0. The second kappa shape index (κ2) is 5.15. The molecule has 1 N–H and O–H groups in total. The maximum absolute atomic E-state index is 13.8. The van der Waals surface area contributed by atoms with Crippen LogP contribution in [0.2, 0.25) is 10.0 Å². The van der Waals surface area contributed by atoms with Gasteiger partial charge in [0.15, 0.2) is 4.77 Å². The number of para-hydroxylation sites is 1. The van der Waals surface area contributed by atoms with E-state index >= 15 is 0 Å². The highest BCUT2D eigenvalue weighted by molar-refractivity contribution is 9.10. The Morgan fingerprint density at radius 3 is 2.50 bits per heavy atom. The van der Waals surface area contributed by atoms with E-state index in [9.17, 15) is 4.39 Å². The van der Waals surface area contributed by atoms with Crippen molar-refractivity contribution in [3.8, 4) is 5.69 Å². The molecule has 0 amide bonds. The van der Waals surface area contributed by atoms with Crippen molar-refractivity contribution in [2.24, 2.45) is 0 Å². The molecule has 0 radical (unpaired) electrons. The summed E-state index contributed by atoms with van der Waals surface area (Å²) in [5.41, 5.74) is 1.80. The van der Waals surface area contributed by atoms with E-state index < -0.39 is 0 Å². The Labute approximate surface area is 137 Å². The number of fused-ring (bicyclic) bond motifs is 1. The lowest BCUT2D eigenvalue weighted by Crippen LogP contribution is -1.96. The molecule has 1 heterocycles. The number of H-pyrrole nitrogens is 1. The molecular weight excluding hydrogens is 386 g/mol. The third kappa shape index (κ3) is 2.19. The summed E-state index contributed by atoms with van der Waals surface area (Å²) in [5.74, 6) is -0.386. The molecular formula is C13H6BrCl2FN2S. The van der Waals surface area contributed by atoms with E-state index in [-0.39, 0.29) is 5.82 Å². The normalized spacial score (nSPS) is 11.2. The molecule has 0 atom stereocenters. The molecule has 0 spiro atoms. The molecule has 0 fully saturated rings. The molecule has 0 saturated heterocycles. The Morgan fingerprint density at radius 1 is 1.20 bits per heavy atom. The van der Waals surface area contributed by atoms with Crippen LogP contribution in [-0.4, -0.2) is 9.55 Å². The fourth-order valence-corrected chi connectivity index (χ4v) is 3.24. The summed E-state index contributed by atoms with van der Waals surface area (Å²) in [6, 6.07) is 8.16. The van der Waals surface area contributed by atoms with Gasteiger partial charge >= 0.3 is 0 Å². The largest absolute Gasteiger partial charge is 0.330 e. The Kier molecular flexibility index (Phi) is 3.62. The molecule has 3 aromatic rings. The van der Waals surface area contributed by atoms with Gasteiger partial charge in [-0.3, -0.25) is 4.57 Å². The quantitative estimate of drug-likeness (QED) is 0.512. The van der Waals surface area contributed by atoms with E-state index in [1.807, 2.05) is 0 Å². The van der Waals surface area contributed by atoms with Crippen LogP contribution in [0.15, 0.2) is 34.8 Å². The zero-order valence-electron chi connectivity index (χ0n) is 9.75. The first-order chi connectivity index (χ1) is 9.49. The monoisotopic (exact) mass is 390 g/mol. The van der Waals surface area contributed by atoms with Crippen LogP contribution in [-0.2, 0) is 0 Å². The molecule has 0 aliphatic carbocycles. The molecule has 0 saturated carbocycles. The average molecular weight is 392 g/mol. The topological polar surface area (TPSA) is 20.7 Å². The summed E-state index contributed by atoms with van der Waals surface area (Å²) in [7, 11) is 0. The Bertz CT molecular complexity index is 868. The lowest BCUT2D eigenvalue weighted by atomic mass is 10.2. The first-order valence-corrected chi connectivity index (χ1v) is 7.49. The molecule has 0 aliphatic rings. The van der Waals surface area contributed by atoms with E-state index in [4.69, 9.17) is 35.4 Å². The van der Waals surface area contributed by atoms with Gasteiger partial charge in [0.1, 0.15) is 5.82 Å². The summed E-state index contributed by atoms with van der Waals surface area (Å²) in [4.78, 5) is 3.01. The van der Waals surface area contributed by atoms with Crippen LogP contribution in [0, 0.1) is 10.6 Å². The predicted molar refractivity (Wildman–Crippen MR) is 86.1 cm³/mol. The van der Waals surface area contributed by atoms with Crippen molar-refractivity contribution in [1.82, 2.24) is 9.55 Å². The maximum Gasteiger partial charge on any atom is 0.182 e. The zero-order valence-corrected chi connectivity index (χ0v) is 13.7. The summed E-state index contributed by atoms with van der Waals surface area (Å²) in [6.45, 7) is 0. The number of nitrogens with zero attached hydrogens (tertiary/aromatic N) is 1. The molecule has 102 valence electrons. The molecule has 7 heteroatoms. The van der Waals surface area contributed by atoms with Crippen LogP contribution in [0.4, 0.5) is 4.39 Å². The van der Waals surface area contributed by atoms with Crippen LogP contribution in [0.1, 0.15) is 0 Å². The number of aromatic nitrogens is 2. The second-order valence-corrected chi connectivity index (χ2v) is 6.17. The van der Waals surface area contributed by atoms with E-state index in [0.717, 1.165) is 0 Å². The van der Waals surface area contributed by atoms with Gasteiger partial charge in [0.25, 0.3) is 0 Å². The van der Waals surface area contributed by atoms with Crippen LogP contribution >= 0.6 is 51.3 Å². The van der Waals surface area contributed by atoms with Gasteiger partial charge in [-0.05, 0) is 46.3 Å². The summed E-state index contributed by atoms with van der Waals surface area (Å²) in [5, 5.41) is 0.885. The third-order valence-corrected chi connectivity index (χ3v) is 4.39. The molecule has 0 unspecified atom stereocenters. The number of hydrogen-bond acceptors (Lipinski definition) is 1. The number of imidazole rings is 1. The van der Waals surface area contributed by atoms with Crippen molar-refractivity contribution in [3.05, 3.63) is 55.4 Å². The van der Waals surface area contributed by atoms with Crippen molar-refractivity contribution in [2.75, 3.05) is 0 Å². The van der Waals surface area contributed by atoms with Crippen molar-refractivity contribution in [3.63, 3.8) is 0 Å². The highest BCUT2D eigenvalue weighted by Gasteiger charge is 2.14. The van der Waals surface area contributed by atoms with Gasteiger partial charge in [0.05, 0.1) is 31.2 Å². The van der Waals surface area contributed by atoms with Crippen molar-refractivity contribution < 1.29 is 4.39 Å². The van der Waals surface area contributed by atoms with E-state index in [2.05, 4.69) is 20.9 Å². The Hall–Kier alpha value is -0.880. The summed E-state index contributed by atoms with van der Waals surface area (Å²) in [6.07, 6.45) is 0. The maximum atomic E-state index is 13.8. The average Bonchev–Trinajstić information content (AvgIpc) is 2.67. The van der Waals surface area contributed by atoms with Gasteiger partial charge in [-0.2, -0.15) is 0 Å². The Morgan fingerprint density at radius 2 is 1.85 bits per heavy atom. The van der Waals surface area contributed by atoms with Crippen LogP contribution in [0.3, 0.4) is 0 Å². The first kappa shape index (κ1) is 14.1. The minimum atomic E-state index is -0.386. The van der Waals surface area contributed by atoms with Gasteiger partial charge in [-0.15, -0.1) is 0 Å². The zero-order chi connectivity index (χ0) is 14.4. The second-order valence-electron chi connectivity index (χ2n) is 4.12. The lowest BCUT2D eigenvalue weighted by molar-refractivity contribution is 0.622. The van der Waals surface area contributed by atoms with Gasteiger partial charge in [-0.25, -0.2) is 4.39 Å². The van der Waals surface area contributed by atoms with Crippen LogP contribution in [0.5, 0.6) is 0 Å². The molecule has 1 aromatic heterocycles. The van der Waals surface area contributed by atoms with Crippen LogP contribution < -0.4 is 0 Å². The third-order valence-electron chi connectivity index (χ3n) is 2.89. The van der Waals surface area contributed by atoms with Crippen molar-refractivity contribution in [1.29, 1.82) is 0 Å². The number of rotatable bonds is 1. The predicted octanol–water partition coefficient (Wildman–Crippen LogP) is 5.90. The van der Waals surface area contributed by atoms with Crippen LogP contribution in [0.25, 0.3) is 16.7 Å². The van der Waals surface area contributed by atoms with E-state index in [1.54, 1.807) is 28.8 Å². The first-order valence-electron chi connectivity index (χ1n) is 5.53. The standard InChI is InChI=1S/C13H6BrCl2FN2S/c14-6-4-10-11(5-9(6)17)19(13(20)18-10)12-7(15)2-1-3-8(12)16/h1-5H,(H,18,20). The number of aromatic amines is 1. The molecule has 0 bridgehead atoms. The van der Waals surface area contributed by atoms with Gasteiger partial charge < -0.3 is 4.98 Å². The minimum Gasteiger partial charge on any atom is -0.330 e. The smallest absolute Gasteiger partial charge is 0.182 e. The number of benzene rings is 2. The van der Waals surface area contributed by atoms with E-state index in [1.165, 1.54) is 6.07 Å². The highest BCUT2D eigenvalue weighted by Crippen LogP contribution is 2.32. The van der Waals surface area contributed by atoms with Gasteiger partial charge in [0.2, 0.25) is 0 Å².